The molecule has 0 aromatic heterocycles. The first-order valence-corrected chi connectivity index (χ1v) is 21.3. The van der Waals surface area contributed by atoms with Gasteiger partial charge in [-0.1, -0.05) is 130 Å². The number of hydrogen-bond donors (Lipinski definition) is 0. The minimum atomic E-state index is -1.54. The molecule has 50 heavy (non-hydrogen) atoms. The fourth-order valence-corrected chi connectivity index (χ4v) is 8.81. The smallest absolute Gasteiger partial charge is 0.0776 e. The fraction of sp³-hybridized carbons (Fsp3) is 0.149. The molecule has 246 valence electrons. The number of anilines is 6. The highest BCUT2D eigenvalue weighted by Gasteiger charge is 2.25. The van der Waals surface area contributed by atoms with Crippen molar-refractivity contribution in [3.8, 4) is 0 Å². The van der Waals surface area contributed by atoms with E-state index in [1.807, 2.05) is 0 Å². The monoisotopic (exact) mass is 664 g/mol. The average molecular weight is 665 g/mol. The third kappa shape index (κ3) is 5.52. The maximum Gasteiger partial charge on any atom is 0.0776 e. The van der Waals surface area contributed by atoms with E-state index in [0.29, 0.717) is 5.92 Å². The molecule has 0 atom stereocenters. The molecular formula is C47H44N2Si. The molecular weight excluding hydrogens is 621 g/mol. The Morgan fingerprint density at radius 3 is 1.64 bits per heavy atom. The zero-order valence-corrected chi connectivity index (χ0v) is 30.9. The molecule has 8 rings (SSSR count). The summed E-state index contributed by atoms with van der Waals surface area (Å²) in [6.45, 7) is 14.1. The molecule has 0 fully saturated rings. The predicted octanol–water partition coefficient (Wildman–Crippen LogP) is 13.5. The second-order valence-corrected chi connectivity index (χ2v) is 20.0. The molecule has 0 aliphatic heterocycles. The number of nitrogens with zero attached hydrogens (tertiary/aromatic N) is 2. The van der Waals surface area contributed by atoms with Gasteiger partial charge in [0.1, 0.15) is 0 Å². The van der Waals surface area contributed by atoms with Crippen molar-refractivity contribution in [3.63, 3.8) is 0 Å². The van der Waals surface area contributed by atoms with Crippen LogP contribution < -0.4 is 15.0 Å². The predicted molar refractivity (Wildman–Crippen MR) is 221 cm³/mol. The molecule has 0 saturated carbocycles. The summed E-state index contributed by atoms with van der Waals surface area (Å²) in [5, 5.41) is 9.23. The molecule has 0 heterocycles. The Morgan fingerprint density at radius 1 is 0.460 bits per heavy atom. The van der Waals surface area contributed by atoms with Gasteiger partial charge in [-0.2, -0.15) is 0 Å². The zero-order valence-electron chi connectivity index (χ0n) is 29.9. The third-order valence-corrected chi connectivity index (χ3v) is 12.2. The first-order chi connectivity index (χ1) is 24.2. The second-order valence-electron chi connectivity index (χ2n) is 15.0. The summed E-state index contributed by atoms with van der Waals surface area (Å²) in [7, 11) is -1.54. The number of para-hydroxylation sites is 2. The Morgan fingerprint density at radius 2 is 1.00 bits per heavy atom. The van der Waals surface area contributed by atoms with Gasteiger partial charge in [0.2, 0.25) is 0 Å². The van der Waals surface area contributed by atoms with Crippen LogP contribution in [0, 0.1) is 6.92 Å². The van der Waals surface area contributed by atoms with E-state index in [4.69, 9.17) is 0 Å². The van der Waals surface area contributed by atoms with Crippen molar-refractivity contribution in [2.45, 2.75) is 46.3 Å². The lowest BCUT2D eigenvalue weighted by atomic mass is 9.86. The maximum absolute atomic E-state index is 2.46. The molecule has 0 saturated heterocycles. The van der Waals surface area contributed by atoms with Crippen molar-refractivity contribution in [2.75, 3.05) is 9.80 Å². The van der Waals surface area contributed by atoms with E-state index in [-0.39, 0.29) is 0 Å². The van der Waals surface area contributed by atoms with Gasteiger partial charge in [-0.05, 0) is 106 Å². The van der Waals surface area contributed by atoms with E-state index in [0.717, 1.165) is 11.4 Å². The molecule has 8 aromatic rings. The number of rotatable bonds is 8. The van der Waals surface area contributed by atoms with Gasteiger partial charge in [0.05, 0.1) is 19.4 Å². The van der Waals surface area contributed by atoms with Crippen molar-refractivity contribution in [1.29, 1.82) is 0 Å². The van der Waals surface area contributed by atoms with Crippen LogP contribution in [0.1, 0.15) is 30.9 Å². The third-order valence-electron chi connectivity index (χ3n) is 10.1. The molecule has 8 aromatic carbocycles. The molecule has 0 unspecified atom stereocenters. The largest absolute Gasteiger partial charge is 0.310 e. The fourth-order valence-electron chi connectivity index (χ4n) is 7.63. The minimum Gasteiger partial charge on any atom is -0.310 e. The van der Waals surface area contributed by atoms with E-state index >= 15 is 0 Å². The quantitative estimate of drug-likeness (QED) is 0.118. The van der Waals surface area contributed by atoms with Gasteiger partial charge in [-0.3, -0.25) is 0 Å². The van der Waals surface area contributed by atoms with Crippen molar-refractivity contribution in [1.82, 2.24) is 0 Å². The van der Waals surface area contributed by atoms with Gasteiger partial charge in [0.15, 0.2) is 0 Å². The van der Waals surface area contributed by atoms with Crippen LogP contribution in [0.15, 0.2) is 152 Å². The number of benzene rings is 8. The van der Waals surface area contributed by atoms with Gasteiger partial charge >= 0.3 is 0 Å². The van der Waals surface area contributed by atoms with E-state index in [1.165, 1.54) is 71.4 Å². The molecule has 0 radical (unpaired) electrons. The van der Waals surface area contributed by atoms with Crippen LogP contribution >= 0.6 is 0 Å². The molecule has 0 aliphatic carbocycles. The highest BCUT2D eigenvalue weighted by molar-refractivity contribution is 6.88. The highest BCUT2D eigenvalue weighted by atomic mass is 28.3. The Labute approximate surface area is 297 Å². The summed E-state index contributed by atoms with van der Waals surface area (Å²) >= 11 is 0. The molecule has 0 amide bonds. The lowest BCUT2D eigenvalue weighted by Crippen LogP contribution is -2.37. The molecule has 2 nitrogen and oxygen atoms in total. The van der Waals surface area contributed by atoms with Crippen molar-refractivity contribution < 1.29 is 0 Å². The number of hydrogen-bond acceptors (Lipinski definition) is 2. The lowest BCUT2D eigenvalue weighted by molar-refractivity contribution is 0.876. The van der Waals surface area contributed by atoms with E-state index in [2.05, 4.69) is 202 Å². The normalized spacial score (nSPS) is 12.0. The molecule has 0 bridgehead atoms. The Kier molecular flexibility index (Phi) is 7.96. The molecule has 3 heteroatoms. The summed E-state index contributed by atoms with van der Waals surface area (Å²) in [6, 6.07) is 56.3. The summed E-state index contributed by atoms with van der Waals surface area (Å²) in [4.78, 5) is 4.91. The molecule has 0 N–H and O–H groups in total. The van der Waals surface area contributed by atoms with Gasteiger partial charge in [0, 0.05) is 33.5 Å². The second kappa shape index (κ2) is 12.5. The molecule has 0 aliphatic rings. The maximum atomic E-state index is 2.46. The summed E-state index contributed by atoms with van der Waals surface area (Å²) in [5.74, 6) is 0.345. The van der Waals surface area contributed by atoms with Crippen LogP contribution in [0.2, 0.25) is 19.6 Å². The van der Waals surface area contributed by atoms with Crippen LogP contribution in [0.4, 0.5) is 34.1 Å². The summed E-state index contributed by atoms with van der Waals surface area (Å²) in [5.41, 5.74) is 9.69. The van der Waals surface area contributed by atoms with Crippen LogP contribution in [0.3, 0.4) is 0 Å². The lowest BCUT2D eigenvalue weighted by Gasteiger charge is -2.31. The Hall–Kier alpha value is -5.38. The van der Waals surface area contributed by atoms with Gasteiger partial charge < -0.3 is 9.80 Å². The summed E-state index contributed by atoms with van der Waals surface area (Å²) in [6.07, 6.45) is 0. The van der Waals surface area contributed by atoms with Crippen LogP contribution in [-0.2, 0) is 0 Å². The Balaban J connectivity index is 1.46. The van der Waals surface area contributed by atoms with Crippen LogP contribution in [-0.4, -0.2) is 8.07 Å². The van der Waals surface area contributed by atoms with E-state index in [1.54, 1.807) is 0 Å². The van der Waals surface area contributed by atoms with E-state index < -0.39 is 8.07 Å². The standard InChI is InChI=1S/C47H44N2Si/c1-32(2)43-31-45(49(36-18-11-8-12-19-36)37-20-13-15-33(3)29-37)42-25-23-34-24-28-44(41-27-26-40(43)47(42)46(34)41)48(35-16-9-7-10-17-35)38-21-14-22-39(30-38)50(4,5)6/h7-32H,1-6H3. The summed E-state index contributed by atoms with van der Waals surface area (Å²) < 4.78 is 0. The van der Waals surface area contributed by atoms with Crippen LogP contribution in [0.5, 0.6) is 0 Å². The zero-order chi connectivity index (χ0) is 34.6. The highest BCUT2D eigenvalue weighted by Crippen LogP contribution is 2.49. The first kappa shape index (κ1) is 31.9. The Bertz CT molecular complexity index is 2460. The van der Waals surface area contributed by atoms with Crippen molar-refractivity contribution in [2.24, 2.45) is 0 Å². The number of aryl methyl sites for hydroxylation is 1. The van der Waals surface area contributed by atoms with Gasteiger partial charge in [0.25, 0.3) is 0 Å². The van der Waals surface area contributed by atoms with E-state index in [9.17, 15) is 0 Å². The van der Waals surface area contributed by atoms with Gasteiger partial charge in [-0.25, -0.2) is 0 Å². The topological polar surface area (TPSA) is 6.48 Å². The molecule has 0 spiro atoms. The minimum absolute atomic E-state index is 0.345. The van der Waals surface area contributed by atoms with Gasteiger partial charge in [-0.15, -0.1) is 0 Å². The SMILES string of the molecule is Cc1cccc(N(c2ccccc2)c2cc(C(C)C)c3ccc4c(N(c5ccccc5)c5cccc([Si](C)(C)C)c5)ccc5ccc2c3c54)c1. The average Bonchev–Trinajstić information content (AvgIpc) is 3.12. The van der Waals surface area contributed by atoms with Crippen molar-refractivity contribution >= 4 is 79.7 Å². The van der Waals surface area contributed by atoms with Crippen molar-refractivity contribution in [3.05, 3.63) is 163 Å². The van der Waals surface area contributed by atoms with Crippen LogP contribution in [0.25, 0.3) is 32.3 Å². The first-order valence-electron chi connectivity index (χ1n) is 17.8.